The molecule has 0 spiro atoms. The number of carboxylic acids is 1. The molecular weight excluding hydrogens is 336 g/mol. The van der Waals surface area contributed by atoms with Gasteiger partial charge in [-0.05, 0) is 55.4 Å². The zero-order chi connectivity index (χ0) is 17.6. The first-order valence-corrected chi connectivity index (χ1v) is 10.4. The molecule has 2 aliphatic rings. The number of nitrogens with one attached hydrogen (secondary N) is 1. The third-order valence-corrected chi connectivity index (χ3v) is 6.63. The summed E-state index contributed by atoms with van der Waals surface area (Å²) in [6.45, 7) is 4.89. The van der Waals surface area contributed by atoms with Crippen LogP contribution in [0.2, 0.25) is 0 Å². The van der Waals surface area contributed by atoms with Gasteiger partial charge in [0, 0.05) is 25.5 Å². The van der Waals surface area contributed by atoms with Crippen molar-refractivity contribution in [3.63, 3.8) is 0 Å². The molecule has 2 aliphatic heterocycles. The molecular formula is C19H28N2O3S. The fourth-order valence-corrected chi connectivity index (χ4v) is 5.01. The van der Waals surface area contributed by atoms with Crippen LogP contribution in [0, 0.1) is 11.8 Å². The molecule has 1 amide bonds. The van der Waals surface area contributed by atoms with Crippen LogP contribution < -0.4 is 10.0 Å². The Hall–Kier alpha value is -1.40. The van der Waals surface area contributed by atoms with Crippen LogP contribution in [-0.2, 0) is 4.79 Å². The van der Waals surface area contributed by atoms with E-state index in [-0.39, 0.29) is 24.2 Å². The van der Waals surface area contributed by atoms with E-state index in [0.29, 0.717) is 13.1 Å². The number of thiophene rings is 1. The number of piperidine rings is 2. The molecule has 1 aromatic heterocycles. The first kappa shape index (κ1) is 18.4. The van der Waals surface area contributed by atoms with Crippen molar-refractivity contribution in [2.45, 2.75) is 38.5 Å². The number of carboxylic acid groups (broad SMARTS) is 1. The Morgan fingerprint density at radius 3 is 2.72 bits per heavy atom. The average Bonchev–Trinajstić information content (AvgIpc) is 3.15. The van der Waals surface area contributed by atoms with E-state index < -0.39 is 5.97 Å². The normalized spacial score (nSPS) is 25.0. The Morgan fingerprint density at radius 1 is 1.24 bits per heavy atom. The van der Waals surface area contributed by atoms with E-state index >= 15 is 0 Å². The Labute approximate surface area is 153 Å². The van der Waals surface area contributed by atoms with Crippen molar-refractivity contribution in [3.8, 4) is 0 Å². The van der Waals surface area contributed by atoms with Crippen LogP contribution in [0.5, 0.6) is 0 Å². The van der Waals surface area contributed by atoms with Gasteiger partial charge >= 0.3 is 0 Å². The molecule has 0 saturated carbocycles. The topological polar surface area (TPSA) is 64.9 Å². The van der Waals surface area contributed by atoms with Crippen molar-refractivity contribution in [3.05, 3.63) is 22.4 Å². The van der Waals surface area contributed by atoms with E-state index in [4.69, 9.17) is 0 Å². The molecule has 5 nitrogen and oxygen atoms in total. The molecule has 138 valence electrons. The molecule has 1 N–H and O–H groups in total. The molecule has 0 aromatic carbocycles. The van der Waals surface area contributed by atoms with E-state index in [0.717, 1.165) is 24.3 Å². The van der Waals surface area contributed by atoms with Gasteiger partial charge in [-0.25, -0.2) is 0 Å². The predicted octanol–water partition coefficient (Wildman–Crippen LogP) is 0.425. The number of nitrogens with zero attached hydrogens (tertiary/aromatic N) is 1. The van der Waals surface area contributed by atoms with Crippen molar-refractivity contribution < 1.29 is 19.6 Å². The molecule has 6 heteroatoms. The van der Waals surface area contributed by atoms with Gasteiger partial charge in [0.25, 0.3) is 5.91 Å². The van der Waals surface area contributed by atoms with Crippen LogP contribution in [0.4, 0.5) is 0 Å². The molecule has 3 rings (SSSR count). The fraction of sp³-hybridized carbons (Fsp3) is 0.684. The molecule has 0 radical (unpaired) electrons. The lowest BCUT2D eigenvalue weighted by atomic mass is 9.81. The monoisotopic (exact) mass is 364 g/mol. The summed E-state index contributed by atoms with van der Waals surface area (Å²) >= 11 is 1.47. The van der Waals surface area contributed by atoms with Crippen LogP contribution in [0.1, 0.15) is 48.2 Å². The molecule has 25 heavy (non-hydrogen) atoms. The van der Waals surface area contributed by atoms with Gasteiger partial charge in [0.1, 0.15) is 0 Å². The highest BCUT2D eigenvalue weighted by molar-refractivity contribution is 7.12. The molecule has 0 bridgehead atoms. The van der Waals surface area contributed by atoms with Crippen LogP contribution >= 0.6 is 11.3 Å². The summed E-state index contributed by atoms with van der Waals surface area (Å²) in [5, 5.41) is 13.0. The maximum absolute atomic E-state index is 12.6. The van der Waals surface area contributed by atoms with Crippen LogP contribution in [0.25, 0.3) is 0 Å². The van der Waals surface area contributed by atoms with Gasteiger partial charge in [-0.15, -0.1) is 11.3 Å². The highest BCUT2D eigenvalue weighted by atomic mass is 32.1. The van der Waals surface area contributed by atoms with Crippen molar-refractivity contribution >= 4 is 23.2 Å². The first-order valence-electron chi connectivity index (χ1n) is 9.49. The quantitative estimate of drug-likeness (QED) is 0.796. The van der Waals surface area contributed by atoms with Crippen molar-refractivity contribution in [2.75, 3.05) is 32.7 Å². The summed E-state index contributed by atoms with van der Waals surface area (Å²) in [5.41, 5.74) is 0. The number of aliphatic carboxylic acids is 1. The molecule has 0 unspecified atom stereocenters. The number of hydrogen-bond acceptors (Lipinski definition) is 4. The Kier molecular flexibility index (Phi) is 6.48. The molecule has 2 fully saturated rings. The molecule has 3 heterocycles. The number of carbonyl (C=O) groups excluding carboxylic acids is 2. The van der Waals surface area contributed by atoms with Gasteiger partial charge in [-0.1, -0.05) is 6.07 Å². The van der Waals surface area contributed by atoms with E-state index in [2.05, 4.69) is 0 Å². The second-order valence-electron chi connectivity index (χ2n) is 7.46. The van der Waals surface area contributed by atoms with Gasteiger partial charge in [-0.2, -0.15) is 0 Å². The SMILES string of the molecule is O=C([O-])C[C@@H]1CCN(C(=O)c2cccs2)C[C@@H]1CC[NH+]1CCCCC1. The minimum absolute atomic E-state index is 0.0946. The van der Waals surface area contributed by atoms with Crippen molar-refractivity contribution in [1.82, 2.24) is 4.90 Å². The number of quaternary nitrogens is 1. The Bertz CT molecular complexity index is 569. The van der Waals surface area contributed by atoms with E-state index in [1.54, 1.807) is 4.90 Å². The summed E-state index contributed by atoms with van der Waals surface area (Å²) in [6.07, 6.45) is 5.83. The minimum atomic E-state index is -0.960. The summed E-state index contributed by atoms with van der Waals surface area (Å²) in [5.74, 6) is -0.456. The Morgan fingerprint density at radius 2 is 2.04 bits per heavy atom. The Balaban J connectivity index is 1.60. The maximum Gasteiger partial charge on any atom is 0.263 e. The maximum atomic E-state index is 12.6. The number of likely N-dealkylation sites (tertiary alicyclic amines) is 2. The van der Waals surface area contributed by atoms with Gasteiger partial charge in [0.2, 0.25) is 0 Å². The lowest BCUT2D eigenvalue weighted by molar-refractivity contribution is -0.905. The first-order chi connectivity index (χ1) is 12.1. The summed E-state index contributed by atoms with van der Waals surface area (Å²) in [4.78, 5) is 28.1. The number of hydrogen-bond donors (Lipinski definition) is 1. The van der Waals surface area contributed by atoms with Gasteiger partial charge < -0.3 is 19.7 Å². The van der Waals surface area contributed by atoms with E-state index in [1.165, 1.54) is 43.7 Å². The standard InChI is InChI=1S/C19H28N2O3S/c22-18(23)13-15-7-11-21(19(24)17-5-4-12-25-17)14-16(15)6-10-20-8-2-1-3-9-20/h4-5,12,15-16H,1-3,6-11,13-14H2,(H,22,23)/t15-,16-/m0/s1. The molecule has 0 aliphatic carbocycles. The third-order valence-electron chi connectivity index (χ3n) is 5.77. The lowest BCUT2D eigenvalue weighted by Crippen LogP contribution is -3.12. The van der Waals surface area contributed by atoms with Gasteiger partial charge in [-0.3, -0.25) is 4.79 Å². The smallest absolute Gasteiger partial charge is 0.263 e. The number of amides is 1. The second-order valence-corrected chi connectivity index (χ2v) is 8.41. The van der Waals surface area contributed by atoms with Gasteiger partial charge in [0.05, 0.1) is 24.5 Å². The minimum Gasteiger partial charge on any atom is -0.550 e. The fourth-order valence-electron chi connectivity index (χ4n) is 4.32. The van der Waals surface area contributed by atoms with E-state index in [1.807, 2.05) is 22.4 Å². The molecule has 1 aromatic rings. The molecule has 2 atom stereocenters. The number of carbonyl (C=O) groups is 2. The van der Waals surface area contributed by atoms with E-state index in [9.17, 15) is 14.7 Å². The zero-order valence-electron chi connectivity index (χ0n) is 14.7. The van der Waals surface area contributed by atoms with Crippen LogP contribution in [-0.4, -0.2) is 49.5 Å². The second kappa shape index (κ2) is 8.81. The summed E-state index contributed by atoms with van der Waals surface area (Å²) in [6, 6.07) is 3.77. The summed E-state index contributed by atoms with van der Waals surface area (Å²) < 4.78 is 0. The molecule has 2 saturated heterocycles. The van der Waals surface area contributed by atoms with Crippen LogP contribution in [0.15, 0.2) is 17.5 Å². The van der Waals surface area contributed by atoms with Gasteiger partial charge in [0.15, 0.2) is 0 Å². The van der Waals surface area contributed by atoms with Crippen molar-refractivity contribution in [1.29, 1.82) is 0 Å². The summed E-state index contributed by atoms with van der Waals surface area (Å²) in [7, 11) is 0. The largest absolute Gasteiger partial charge is 0.550 e. The predicted molar refractivity (Wildman–Crippen MR) is 95.5 cm³/mol. The third kappa shape index (κ3) is 5.05. The highest BCUT2D eigenvalue weighted by Crippen LogP contribution is 2.30. The highest BCUT2D eigenvalue weighted by Gasteiger charge is 2.33. The number of rotatable bonds is 6. The van der Waals surface area contributed by atoms with Crippen LogP contribution in [0.3, 0.4) is 0 Å². The van der Waals surface area contributed by atoms with Crippen molar-refractivity contribution in [2.24, 2.45) is 11.8 Å². The zero-order valence-corrected chi connectivity index (χ0v) is 15.6. The average molecular weight is 365 g/mol. The lowest BCUT2D eigenvalue weighted by Gasteiger charge is -2.39.